The largest absolute Gasteiger partial charge is 0.380 e. The summed E-state index contributed by atoms with van der Waals surface area (Å²) in [6.07, 6.45) is 1.91. The van der Waals surface area contributed by atoms with Crippen LogP contribution in [0.4, 0.5) is 0 Å². The fourth-order valence-corrected chi connectivity index (χ4v) is 3.59. The normalized spacial score (nSPS) is 28.6. The highest BCUT2D eigenvalue weighted by molar-refractivity contribution is 7.99. The maximum absolute atomic E-state index is 12.3. The Balaban J connectivity index is 2.08. The standard InChI is InChI=1S/C12H13NO2S/c14-11-8-4-1-2-6-10(8)16-12(15)9-5-3-7-13(9)11/h1-2,4,6,9,12,15H,3,5,7H2/t9-,12+/m0/s1. The van der Waals surface area contributed by atoms with Crippen molar-refractivity contribution in [2.75, 3.05) is 6.54 Å². The second kappa shape index (κ2) is 3.79. The zero-order chi connectivity index (χ0) is 11.1. The zero-order valence-electron chi connectivity index (χ0n) is 8.80. The molecule has 1 amide bonds. The van der Waals surface area contributed by atoms with Crippen LogP contribution in [-0.4, -0.2) is 33.9 Å². The first kappa shape index (κ1) is 10.2. The molecule has 3 rings (SSSR count). The van der Waals surface area contributed by atoms with Crippen LogP contribution in [0.5, 0.6) is 0 Å². The van der Waals surface area contributed by atoms with Gasteiger partial charge in [-0.1, -0.05) is 23.9 Å². The van der Waals surface area contributed by atoms with E-state index in [1.54, 1.807) is 0 Å². The minimum absolute atomic E-state index is 0.00935. The van der Waals surface area contributed by atoms with E-state index >= 15 is 0 Å². The van der Waals surface area contributed by atoms with Gasteiger partial charge < -0.3 is 10.0 Å². The number of hydrogen-bond donors (Lipinski definition) is 1. The van der Waals surface area contributed by atoms with Gasteiger partial charge in [0.2, 0.25) is 0 Å². The molecule has 0 saturated carbocycles. The molecule has 16 heavy (non-hydrogen) atoms. The maximum Gasteiger partial charge on any atom is 0.255 e. The minimum Gasteiger partial charge on any atom is -0.380 e. The number of nitrogens with zero attached hydrogens (tertiary/aromatic N) is 1. The smallest absolute Gasteiger partial charge is 0.255 e. The van der Waals surface area contributed by atoms with Gasteiger partial charge in [-0.25, -0.2) is 0 Å². The number of thioether (sulfide) groups is 1. The molecule has 0 aliphatic carbocycles. The summed E-state index contributed by atoms with van der Waals surface area (Å²) in [7, 11) is 0. The number of amides is 1. The second-order valence-electron chi connectivity index (χ2n) is 4.21. The van der Waals surface area contributed by atoms with E-state index in [4.69, 9.17) is 0 Å². The average molecular weight is 235 g/mol. The van der Waals surface area contributed by atoms with Crippen LogP contribution in [0.25, 0.3) is 0 Å². The summed E-state index contributed by atoms with van der Waals surface area (Å²) in [5.74, 6) is 0.0714. The van der Waals surface area contributed by atoms with Crippen molar-refractivity contribution in [3.63, 3.8) is 0 Å². The Morgan fingerprint density at radius 3 is 3.06 bits per heavy atom. The average Bonchev–Trinajstić information content (AvgIpc) is 2.74. The zero-order valence-corrected chi connectivity index (χ0v) is 9.61. The fraction of sp³-hybridized carbons (Fsp3) is 0.417. The first-order chi connectivity index (χ1) is 7.77. The van der Waals surface area contributed by atoms with Crippen LogP contribution >= 0.6 is 11.8 Å². The quantitative estimate of drug-likeness (QED) is 0.744. The van der Waals surface area contributed by atoms with E-state index in [-0.39, 0.29) is 11.9 Å². The molecular weight excluding hydrogens is 222 g/mol. The van der Waals surface area contributed by atoms with Crippen LogP contribution in [0.2, 0.25) is 0 Å². The molecule has 2 atom stereocenters. The molecule has 1 saturated heterocycles. The summed E-state index contributed by atoms with van der Waals surface area (Å²) in [6, 6.07) is 7.52. The van der Waals surface area contributed by atoms with Gasteiger partial charge in [-0.2, -0.15) is 0 Å². The molecule has 0 spiro atoms. The van der Waals surface area contributed by atoms with Crippen molar-refractivity contribution in [3.8, 4) is 0 Å². The summed E-state index contributed by atoms with van der Waals surface area (Å²) in [5.41, 5.74) is 0.242. The Morgan fingerprint density at radius 1 is 1.38 bits per heavy atom. The van der Waals surface area contributed by atoms with Gasteiger partial charge in [0, 0.05) is 11.4 Å². The monoisotopic (exact) mass is 235 g/mol. The van der Waals surface area contributed by atoms with E-state index in [1.807, 2.05) is 29.2 Å². The Morgan fingerprint density at radius 2 is 2.19 bits per heavy atom. The van der Waals surface area contributed by atoms with Gasteiger partial charge in [0.05, 0.1) is 11.6 Å². The summed E-state index contributed by atoms with van der Waals surface area (Å²) < 4.78 is 0. The highest BCUT2D eigenvalue weighted by atomic mass is 32.2. The predicted molar refractivity (Wildman–Crippen MR) is 62.4 cm³/mol. The second-order valence-corrected chi connectivity index (χ2v) is 5.37. The summed E-state index contributed by atoms with van der Waals surface area (Å²) >= 11 is 1.41. The fourth-order valence-electron chi connectivity index (χ4n) is 2.45. The summed E-state index contributed by atoms with van der Waals surface area (Å²) in [5, 5.41) is 10.1. The van der Waals surface area contributed by atoms with Crippen LogP contribution in [-0.2, 0) is 0 Å². The van der Waals surface area contributed by atoms with Gasteiger partial charge in [-0.05, 0) is 25.0 Å². The molecule has 0 radical (unpaired) electrons. The lowest BCUT2D eigenvalue weighted by atomic mass is 10.2. The Hall–Kier alpha value is -1.00. The van der Waals surface area contributed by atoms with Crippen molar-refractivity contribution in [2.45, 2.75) is 29.2 Å². The van der Waals surface area contributed by atoms with Gasteiger partial charge >= 0.3 is 0 Å². The molecular formula is C12H13NO2S. The predicted octanol–water partition coefficient (Wildman–Crippen LogP) is 1.72. The van der Waals surface area contributed by atoms with Crippen molar-refractivity contribution in [1.29, 1.82) is 0 Å². The molecule has 1 aromatic rings. The lowest BCUT2D eigenvalue weighted by Gasteiger charge is -2.24. The SMILES string of the molecule is O=C1c2ccccc2S[C@@H](O)[C@@H]2CCCN12. The third-order valence-electron chi connectivity index (χ3n) is 3.25. The molecule has 4 heteroatoms. The number of hydrogen-bond acceptors (Lipinski definition) is 3. The number of fused-ring (bicyclic) bond motifs is 2. The van der Waals surface area contributed by atoms with Gasteiger partial charge in [0.25, 0.3) is 5.91 Å². The summed E-state index contributed by atoms with van der Waals surface area (Å²) in [6.45, 7) is 0.773. The number of aliphatic hydroxyl groups excluding tert-OH is 1. The maximum atomic E-state index is 12.3. The lowest BCUT2D eigenvalue weighted by molar-refractivity contribution is 0.0652. The van der Waals surface area contributed by atoms with Crippen molar-refractivity contribution < 1.29 is 9.90 Å². The molecule has 1 aromatic carbocycles. The Labute approximate surface area is 98.4 Å². The Bertz CT molecular complexity index is 435. The molecule has 2 aliphatic rings. The third kappa shape index (κ3) is 1.44. The number of aliphatic hydroxyl groups is 1. The molecule has 2 aliphatic heterocycles. The van der Waals surface area contributed by atoms with E-state index in [9.17, 15) is 9.90 Å². The first-order valence-electron chi connectivity index (χ1n) is 5.52. The number of carbonyl (C=O) groups is 1. The molecule has 0 bridgehead atoms. The van der Waals surface area contributed by atoms with Gasteiger partial charge in [-0.15, -0.1) is 0 Å². The number of benzene rings is 1. The van der Waals surface area contributed by atoms with E-state index < -0.39 is 5.44 Å². The minimum atomic E-state index is -0.491. The van der Waals surface area contributed by atoms with Crippen LogP contribution in [0.15, 0.2) is 29.2 Å². The van der Waals surface area contributed by atoms with Gasteiger partial charge in [0.15, 0.2) is 0 Å². The molecule has 0 unspecified atom stereocenters. The lowest BCUT2D eigenvalue weighted by Crippen LogP contribution is -2.39. The molecule has 0 aromatic heterocycles. The topological polar surface area (TPSA) is 40.5 Å². The van der Waals surface area contributed by atoms with E-state index in [0.29, 0.717) is 0 Å². The number of rotatable bonds is 0. The van der Waals surface area contributed by atoms with Crippen molar-refractivity contribution in [1.82, 2.24) is 4.90 Å². The molecule has 1 fully saturated rings. The Kier molecular flexibility index (Phi) is 2.41. The van der Waals surface area contributed by atoms with Crippen molar-refractivity contribution >= 4 is 17.7 Å². The first-order valence-corrected chi connectivity index (χ1v) is 6.40. The summed E-state index contributed by atoms with van der Waals surface area (Å²) in [4.78, 5) is 15.0. The molecule has 84 valence electrons. The van der Waals surface area contributed by atoms with Gasteiger partial charge in [0.1, 0.15) is 5.44 Å². The third-order valence-corrected chi connectivity index (χ3v) is 4.42. The van der Waals surface area contributed by atoms with Crippen LogP contribution in [0.3, 0.4) is 0 Å². The van der Waals surface area contributed by atoms with Crippen molar-refractivity contribution in [3.05, 3.63) is 29.8 Å². The van der Waals surface area contributed by atoms with Crippen molar-refractivity contribution in [2.24, 2.45) is 0 Å². The highest BCUT2D eigenvalue weighted by Crippen LogP contribution is 2.37. The molecule has 2 heterocycles. The number of carbonyl (C=O) groups excluding carboxylic acids is 1. The van der Waals surface area contributed by atoms with Crippen LogP contribution < -0.4 is 0 Å². The molecule has 3 nitrogen and oxygen atoms in total. The van der Waals surface area contributed by atoms with E-state index in [2.05, 4.69) is 0 Å². The van der Waals surface area contributed by atoms with E-state index in [0.717, 1.165) is 29.8 Å². The van der Waals surface area contributed by atoms with E-state index in [1.165, 1.54) is 11.8 Å². The molecule has 1 N–H and O–H groups in total. The van der Waals surface area contributed by atoms with Crippen LogP contribution in [0.1, 0.15) is 23.2 Å². The van der Waals surface area contributed by atoms with Crippen LogP contribution in [0, 0.1) is 0 Å². The van der Waals surface area contributed by atoms with Gasteiger partial charge in [-0.3, -0.25) is 4.79 Å². The highest BCUT2D eigenvalue weighted by Gasteiger charge is 2.38.